The van der Waals surface area contributed by atoms with Gasteiger partial charge < -0.3 is 20.3 Å². The summed E-state index contributed by atoms with van der Waals surface area (Å²) in [4.78, 5) is 28.9. The number of benzene rings is 1. The fourth-order valence-electron chi connectivity index (χ4n) is 4.20. The van der Waals surface area contributed by atoms with Gasteiger partial charge in [-0.3, -0.25) is 9.59 Å². The SMILES string of the molecule is CC1CCCC(C)N1C(=O)COc1ccc(C(=O)N2CCCC(N)C2)cc1.Cl. The standard InChI is InChI=1S/C21H31N3O3.ClH/c1-15-5-3-6-16(2)24(15)20(25)14-27-19-10-8-17(9-11-19)21(26)23-12-4-7-18(22)13-23;/h8-11,15-16,18H,3-7,12-14,22H2,1-2H3;1H. The van der Waals surface area contributed by atoms with Crippen molar-refractivity contribution in [3.8, 4) is 5.75 Å². The number of amides is 2. The maximum Gasteiger partial charge on any atom is 0.260 e. The molecule has 1 aromatic rings. The van der Waals surface area contributed by atoms with Gasteiger partial charge in [-0.25, -0.2) is 0 Å². The second-order valence-corrected chi connectivity index (χ2v) is 7.90. The molecule has 2 amide bonds. The molecule has 3 atom stereocenters. The van der Waals surface area contributed by atoms with Crippen LogP contribution in [-0.2, 0) is 4.79 Å². The number of carbonyl (C=O) groups excluding carboxylic acids is 2. The number of hydrogen-bond acceptors (Lipinski definition) is 4. The van der Waals surface area contributed by atoms with E-state index in [1.54, 1.807) is 24.3 Å². The lowest BCUT2D eigenvalue weighted by Gasteiger charge is -2.38. The highest BCUT2D eigenvalue weighted by Crippen LogP contribution is 2.23. The Bertz CT molecular complexity index is 657. The fourth-order valence-corrected chi connectivity index (χ4v) is 4.20. The molecule has 0 aliphatic carbocycles. The van der Waals surface area contributed by atoms with Crippen LogP contribution in [0.15, 0.2) is 24.3 Å². The van der Waals surface area contributed by atoms with Gasteiger partial charge in [0.05, 0.1) is 0 Å². The number of piperidine rings is 2. The number of likely N-dealkylation sites (tertiary alicyclic amines) is 2. The lowest BCUT2D eigenvalue weighted by molar-refractivity contribution is -0.139. The summed E-state index contributed by atoms with van der Waals surface area (Å²) >= 11 is 0. The third kappa shape index (κ3) is 5.39. The van der Waals surface area contributed by atoms with E-state index in [1.807, 2.05) is 9.80 Å². The van der Waals surface area contributed by atoms with Gasteiger partial charge in [-0.1, -0.05) is 0 Å². The maximum atomic E-state index is 12.6. The normalized spacial score (nSPS) is 25.0. The average molecular weight is 410 g/mol. The molecule has 2 heterocycles. The smallest absolute Gasteiger partial charge is 0.260 e. The summed E-state index contributed by atoms with van der Waals surface area (Å²) in [6.07, 6.45) is 5.19. The molecule has 2 saturated heterocycles. The summed E-state index contributed by atoms with van der Waals surface area (Å²) in [6, 6.07) is 7.63. The lowest BCUT2D eigenvalue weighted by Crippen LogP contribution is -2.49. The predicted octanol–water partition coefficient (Wildman–Crippen LogP) is 2.84. The van der Waals surface area contributed by atoms with E-state index in [9.17, 15) is 9.59 Å². The Morgan fingerprint density at radius 2 is 1.71 bits per heavy atom. The number of carbonyl (C=O) groups is 2. The Kier molecular flexibility index (Phi) is 8.13. The summed E-state index contributed by atoms with van der Waals surface area (Å²) in [5, 5.41) is 0. The summed E-state index contributed by atoms with van der Waals surface area (Å²) in [5.74, 6) is 0.633. The van der Waals surface area contributed by atoms with Gasteiger partial charge in [0.2, 0.25) is 0 Å². The van der Waals surface area contributed by atoms with Crippen LogP contribution in [0.5, 0.6) is 5.75 Å². The highest BCUT2D eigenvalue weighted by atomic mass is 35.5. The Morgan fingerprint density at radius 1 is 1.07 bits per heavy atom. The zero-order valence-corrected chi connectivity index (χ0v) is 17.6. The quantitative estimate of drug-likeness (QED) is 0.829. The van der Waals surface area contributed by atoms with Crippen LogP contribution in [-0.4, -0.2) is 59.4 Å². The molecule has 0 saturated carbocycles. The molecule has 0 bridgehead atoms. The molecule has 1 aromatic carbocycles. The number of ether oxygens (including phenoxy) is 1. The number of hydrogen-bond donors (Lipinski definition) is 1. The third-order valence-corrected chi connectivity index (χ3v) is 5.69. The van der Waals surface area contributed by atoms with Crippen LogP contribution in [0, 0.1) is 0 Å². The molecule has 6 nitrogen and oxygen atoms in total. The van der Waals surface area contributed by atoms with E-state index in [1.165, 1.54) is 6.42 Å². The molecular formula is C21H32ClN3O3. The topological polar surface area (TPSA) is 75.9 Å². The molecule has 28 heavy (non-hydrogen) atoms. The Hall–Kier alpha value is -1.79. The molecule has 3 unspecified atom stereocenters. The second-order valence-electron chi connectivity index (χ2n) is 7.90. The summed E-state index contributed by atoms with van der Waals surface area (Å²) in [6.45, 7) is 5.59. The van der Waals surface area contributed by atoms with E-state index >= 15 is 0 Å². The number of rotatable bonds is 4. The van der Waals surface area contributed by atoms with E-state index in [0.717, 1.165) is 32.2 Å². The zero-order valence-electron chi connectivity index (χ0n) is 16.8. The van der Waals surface area contributed by atoms with Gasteiger partial charge in [0.1, 0.15) is 5.75 Å². The monoisotopic (exact) mass is 409 g/mol. The first-order chi connectivity index (χ1) is 13.0. The second kappa shape index (κ2) is 10.1. The molecule has 7 heteroatoms. The number of halogens is 1. The Balaban J connectivity index is 0.00000280. The van der Waals surface area contributed by atoms with Crippen molar-refractivity contribution >= 4 is 24.2 Å². The minimum atomic E-state index is 0. The predicted molar refractivity (Wildman–Crippen MR) is 112 cm³/mol. The van der Waals surface area contributed by atoms with Crippen molar-refractivity contribution in [2.24, 2.45) is 5.73 Å². The highest BCUT2D eigenvalue weighted by molar-refractivity contribution is 5.94. The lowest BCUT2D eigenvalue weighted by atomic mass is 9.97. The van der Waals surface area contributed by atoms with Crippen molar-refractivity contribution < 1.29 is 14.3 Å². The molecule has 2 N–H and O–H groups in total. The van der Waals surface area contributed by atoms with E-state index in [4.69, 9.17) is 10.5 Å². The number of nitrogens with zero attached hydrogens (tertiary/aromatic N) is 2. The number of nitrogens with two attached hydrogens (primary N) is 1. The van der Waals surface area contributed by atoms with Gasteiger partial charge in [-0.2, -0.15) is 0 Å². The van der Waals surface area contributed by atoms with Crippen LogP contribution in [0.2, 0.25) is 0 Å². The first kappa shape index (κ1) is 22.5. The Labute approximate surface area is 173 Å². The Morgan fingerprint density at radius 3 is 2.32 bits per heavy atom. The van der Waals surface area contributed by atoms with Crippen LogP contribution in [0.4, 0.5) is 0 Å². The molecule has 3 rings (SSSR count). The molecule has 0 spiro atoms. The molecule has 2 aliphatic heterocycles. The van der Waals surface area contributed by atoms with Crippen LogP contribution in [0.1, 0.15) is 56.3 Å². The maximum absolute atomic E-state index is 12.6. The first-order valence-electron chi connectivity index (χ1n) is 10.0. The van der Waals surface area contributed by atoms with Crippen LogP contribution < -0.4 is 10.5 Å². The van der Waals surface area contributed by atoms with Crippen molar-refractivity contribution in [3.63, 3.8) is 0 Å². The van der Waals surface area contributed by atoms with Gasteiger partial charge in [0, 0.05) is 36.8 Å². The van der Waals surface area contributed by atoms with Crippen molar-refractivity contribution in [1.29, 1.82) is 0 Å². The molecule has 2 aliphatic rings. The fraction of sp³-hybridized carbons (Fsp3) is 0.619. The first-order valence-corrected chi connectivity index (χ1v) is 10.0. The summed E-state index contributed by atoms with van der Waals surface area (Å²) < 4.78 is 5.68. The third-order valence-electron chi connectivity index (χ3n) is 5.69. The van der Waals surface area contributed by atoms with Gasteiger partial charge in [0.15, 0.2) is 6.61 Å². The van der Waals surface area contributed by atoms with E-state index in [-0.39, 0.29) is 49.0 Å². The van der Waals surface area contributed by atoms with Crippen molar-refractivity contribution in [2.45, 2.75) is 64.1 Å². The average Bonchev–Trinajstić information content (AvgIpc) is 2.66. The van der Waals surface area contributed by atoms with E-state index < -0.39 is 0 Å². The largest absolute Gasteiger partial charge is 0.484 e. The van der Waals surface area contributed by atoms with Gasteiger partial charge >= 0.3 is 0 Å². The molecule has 156 valence electrons. The van der Waals surface area contributed by atoms with Crippen molar-refractivity contribution in [1.82, 2.24) is 9.80 Å². The molecular weight excluding hydrogens is 378 g/mol. The van der Waals surface area contributed by atoms with Crippen LogP contribution in [0.3, 0.4) is 0 Å². The van der Waals surface area contributed by atoms with E-state index in [0.29, 0.717) is 17.9 Å². The minimum Gasteiger partial charge on any atom is -0.484 e. The van der Waals surface area contributed by atoms with Crippen molar-refractivity contribution in [3.05, 3.63) is 29.8 Å². The van der Waals surface area contributed by atoms with Crippen molar-refractivity contribution in [2.75, 3.05) is 19.7 Å². The van der Waals surface area contributed by atoms with Crippen LogP contribution >= 0.6 is 12.4 Å². The highest BCUT2D eigenvalue weighted by Gasteiger charge is 2.29. The molecule has 0 aromatic heterocycles. The summed E-state index contributed by atoms with van der Waals surface area (Å²) in [7, 11) is 0. The molecule has 2 fully saturated rings. The minimum absolute atomic E-state index is 0. The summed E-state index contributed by atoms with van der Waals surface area (Å²) in [5.41, 5.74) is 6.59. The van der Waals surface area contributed by atoms with Crippen LogP contribution in [0.25, 0.3) is 0 Å². The van der Waals surface area contributed by atoms with Gasteiger partial charge in [-0.15, -0.1) is 12.4 Å². The van der Waals surface area contributed by atoms with Gasteiger partial charge in [0.25, 0.3) is 11.8 Å². The molecule has 0 radical (unpaired) electrons. The van der Waals surface area contributed by atoms with E-state index in [2.05, 4.69) is 13.8 Å². The zero-order chi connectivity index (χ0) is 19.4. The van der Waals surface area contributed by atoms with Gasteiger partial charge in [-0.05, 0) is 70.2 Å².